The van der Waals surface area contributed by atoms with Crippen LogP contribution in [0.4, 0.5) is 4.39 Å². The van der Waals surface area contributed by atoms with Gasteiger partial charge in [0.15, 0.2) is 0 Å². The second-order valence-corrected chi connectivity index (χ2v) is 4.79. The fraction of sp³-hybridized carbons (Fsp3) is 0.143. The lowest BCUT2D eigenvalue weighted by molar-refractivity contribution is 0.298. The van der Waals surface area contributed by atoms with Crippen molar-refractivity contribution in [3.8, 4) is 5.75 Å². The summed E-state index contributed by atoms with van der Waals surface area (Å²) in [5.74, 6) is 0.117. The van der Waals surface area contributed by atoms with Gasteiger partial charge < -0.3 is 14.8 Å². The molecule has 3 nitrogen and oxygen atoms in total. The minimum absolute atomic E-state index is 0.00731. The first-order valence-electron chi connectivity index (χ1n) is 6.01. The summed E-state index contributed by atoms with van der Waals surface area (Å²) < 4.78 is 19.1. The Bertz CT molecular complexity index is 599. The minimum Gasteiger partial charge on any atom is -0.488 e. The van der Waals surface area contributed by atoms with Crippen molar-refractivity contribution in [2.45, 2.75) is 13.5 Å². The van der Waals surface area contributed by atoms with Crippen LogP contribution in [-0.4, -0.2) is 17.2 Å². The van der Waals surface area contributed by atoms with Gasteiger partial charge >= 0.3 is 7.12 Å². The molecule has 0 saturated heterocycles. The molecule has 0 fully saturated rings. The molecule has 2 aromatic carbocycles. The Morgan fingerprint density at radius 2 is 2.00 bits per heavy atom. The Balaban J connectivity index is 2.15. The third kappa shape index (κ3) is 3.31. The summed E-state index contributed by atoms with van der Waals surface area (Å²) in [6, 6.07) is 9.20. The van der Waals surface area contributed by atoms with Gasteiger partial charge in [-0.05, 0) is 36.1 Å². The molecule has 0 unspecified atom stereocenters. The summed E-state index contributed by atoms with van der Waals surface area (Å²) in [6.45, 7) is 1.78. The Morgan fingerprint density at radius 1 is 1.25 bits per heavy atom. The number of ether oxygens (including phenoxy) is 1. The van der Waals surface area contributed by atoms with Crippen molar-refractivity contribution in [3.63, 3.8) is 0 Å². The average molecular weight is 295 g/mol. The standard InChI is InChI=1S/C14H13BClFO3/c1-9-7-10(15(18)19)5-6-14(9)20-8-11-12(16)3-2-4-13(11)17/h2-7,18-19H,8H2,1H3. The molecule has 6 heteroatoms. The first-order chi connectivity index (χ1) is 9.49. The summed E-state index contributed by atoms with van der Waals surface area (Å²) in [7, 11) is -1.52. The Morgan fingerprint density at radius 3 is 2.60 bits per heavy atom. The highest BCUT2D eigenvalue weighted by molar-refractivity contribution is 6.58. The molecule has 0 bridgehead atoms. The molecular formula is C14H13BClFO3. The molecule has 0 atom stereocenters. The molecule has 104 valence electrons. The molecule has 0 aromatic heterocycles. The third-order valence-corrected chi connectivity index (χ3v) is 3.28. The number of hydrogen-bond acceptors (Lipinski definition) is 3. The van der Waals surface area contributed by atoms with Crippen LogP contribution in [0.25, 0.3) is 0 Å². The minimum atomic E-state index is -1.52. The highest BCUT2D eigenvalue weighted by Gasteiger charge is 2.13. The lowest BCUT2D eigenvalue weighted by atomic mass is 9.79. The maximum atomic E-state index is 13.6. The van der Waals surface area contributed by atoms with Gasteiger partial charge in [0.25, 0.3) is 0 Å². The van der Waals surface area contributed by atoms with Crippen LogP contribution in [0.1, 0.15) is 11.1 Å². The smallest absolute Gasteiger partial charge is 0.488 e. The van der Waals surface area contributed by atoms with E-state index in [9.17, 15) is 4.39 Å². The van der Waals surface area contributed by atoms with Crippen molar-refractivity contribution >= 4 is 24.2 Å². The van der Waals surface area contributed by atoms with Crippen LogP contribution < -0.4 is 10.2 Å². The summed E-state index contributed by atoms with van der Waals surface area (Å²) in [5.41, 5.74) is 1.39. The first kappa shape index (κ1) is 14.8. The fourth-order valence-electron chi connectivity index (χ4n) is 1.82. The zero-order valence-electron chi connectivity index (χ0n) is 10.8. The highest BCUT2D eigenvalue weighted by Crippen LogP contribution is 2.22. The number of aryl methyl sites for hydroxylation is 1. The van der Waals surface area contributed by atoms with Crippen molar-refractivity contribution in [3.05, 3.63) is 58.4 Å². The summed E-state index contributed by atoms with van der Waals surface area (Å²) in [5, 5.41) is 18.4. The normalized spacial score (nSPS) is 10.4. The van der Waals surface area contributed by atoms with E-state index in [2.05, 4.69) is 0 Å². The quantitative estimate of drug-likeness (QED) is 0.849. The Kier molecular flexibility index (Phi) is 4.65. The zero-order chi connectivity index (χ0) is 14.7. The van der Waals surface area contributed by atoms with Gasteiger partial charge in [-0.15, -0.1) is 0 Å². The summed E-state index contributed by atoms with van der Waals surface area (Å²) >= 11 is 5.92. The number of halogens is 2. The predicted octanol–water partition coefficient (Wildman–Crippen LogP) is 2.05. The van der Waals surface area contributed by atoms with E-state index in [0.29, 0.717) is 21.8 Å². The average Bonchev–Trinajstić information content (AvgIpc) is 2.39. The molecule has 2 rings (SSSR count). The van der Waals surface area contributed by atoms with Crippen molar-refractivity contribution in [1.29, 1.82) is 0 Å². The molecule has 0 aliphatic carbocycles. The molecule has 0 spiro atoms. The molecule has 2 N–H and O–H groups in total. The summed E-state index contributed by atoms with van der Waals surface area (Å²) in [4.78, 5) is 0. The predicted molar refractivity (Wildman–Crippen MR) is 76.7 cm³/mol. The van der Waals surface area contributed by atoms with Crippen LogP contribution in [-0.2, 0) is 6.61 Å². The van der Waals surface area contributed by atoms with Gasteiger partial charge in [0.1, 0.15) is 18.2 Å². The van der Waals surface area contributed by atoms with Gasteiger partial charge in [0, 0.05) is 5.56 Å². The van der Waals surface area contributed by atoms with Crippen LogP contribution >= 0.6 is 11.6 Å². The van der Waals surface area contributed by atoms with Gasteiger partial charge in [-0.1, -0.05) is 29.8 Å². The monoisotopic (exact) mass is 294 g/mol. The maximum Gasteiger partial charge on any atom is 0.488 e. The first-order valence-corrected chi connectivity index (χ1v) is 6.39. The molecule has 0 radical (unpaired) electrons. The molecule has 0 amide bonds. The number of rotatable bonds is 4. The van der Waals surface area contributed by atoms with Crippen LogP contribution in [0.5, 0.6) is 5.75 Å². The third-order valence-electron chi connectivity index (χ3n) is 2.93. The van der Waals surface area contributed by atoms with E-state index in [4.69, 9.17) is 26.4 Å². The van der Waals surface area contributed by atoms with Crippen LogP contribution in [0.2, 0.25) is 5.02 Å². The van der Waals surface area contributed by atoms with Crippen molar-refractivity contribution in [2.75, 3.05) is 0 Å². The largest absolute Gasteiger partial charge is 0.488 e. The molecule has 2 aromatic rings. The Labute approximate surface area is 121 Å². The fourth-order valence-corrected chi connectivity index (χ4v) is 2.03. The van der Waals surface area contributed by atoms with Crippen LogP contribution in [0.3, 0.4) is 0 Å². The Hall–Kier alpha value is -1.56. The van der Waals surface area contributed by atoms with E-state index >= 15 is 0 Å². The van der Waals surface area contributed by atoms with E-state index in [0.717, 1.165) is 5.56 Å². The van der Waals surface area contributed by atoms with Crippen LogP contribution in [0, 0.1) is 12.7 Å². The second-order valence-electron chi connectivity index (χ2n) is 4.39. The molecular weight excluding hydrogens is 281 g/mol. The van der Waals surface area contributed by atoms with Crippen molar-refractivity contribution in [1.82, 2.24) is 0 Å². The molecule has 0 heterocycles. The maximum absolute atomic E-state index is 13.6. The molecule has 0 aliphatic rings. The number of benzene rings is 2. The van der Waals surface area contributed by atoms with Crippen LogP contribution in [0.15, 0.2) is 36.4 Å². The topological polar surface area (TPSA) is 49.7 Å². The van der Waals surface area contributed by atoms with Gasteiger partial charge in [-0.3, -0.25) is 0 Å². The lowest BCUT2D eigenvalue weighted by Crippen LogP contribution is -2.29. The van der Waals surface area contributed by atoms with E-state index in [1.54, 1.807) is 25.1 Å². The highest BCUT2D eigenvalue weighted by atomic mass is 35.5. The molecule has 0 saturated carbocycles. The SMILES string of the molecule is Cc1cc(B(O)O)ccc1OCc1c(F)cccc1Cl. The lowest BCUT2D eigenvalue weighted by Gasteiger charge is -2.12. The van der Waals surface area contributed by atoms with Gasteiger partial charge in [0.05, 0.1) is 5.02 Å². The molecule has 0 aliphatic heterocycles. The van der Waals surface area contributed by atoms with E-state index in [-0.39, 0.29) is 6.61 Å². The number of hydrogen-bond donors (Lipinski definition) is 2. The van der Waals surface area contributed by atoms with E-state index in [1.807, 2.05) is 0 Å². The van der Waals surface area contributed by atoms with Gasteiger partial charge in [-0.2, -0.15) is 0 Å². The van der Waals surface area contributed by atoms with E-state index < -0.39 is 12.9 Å². The summed E-state index contributed by atoms with van der Waals surface area (Å²) in [6.07, 6.45) is 0. The van der Waals surface area contributed by atoms with Crippen molar-refractivity contribution in [2.24, 2.45) is 0 Å². The molecule has 20 heavy (non-hydrogen) atoms. The van der Waals surface area contributed by atoms with Gasteiger partial charge in [-0.25, -0.2) is 4.39 Å². The zero-order valence-corrected chi connectivity index (χ0v) is 11.6. The van der Waals surface area contributed by atoms with Crippen molar-refractivity contribution < 1.29 is 19.2 Å². The van der Waals surface area contributed by atoms with E-state index in [1.165, 1.54) is 18.2 Å². The second kappa shape index (κ2) is 6.26. The van der Waals surface area contributed by atoms with Gasteiger partial charge in [0.2, 0.25) is 0 Å².